The van der Waals surface area contributed by atoms with E-state index in [1.165, 1.54) is 19.2 Å². The minimum atomic E-state index is -4.69. The van der Waals surface area contributed by atoms with Crippen LogP contribution in [0.4, 0.5) is 13.2 Å². The number of hydrogen-bond acceptors (Lipinski definition) is 4. The fourth-order valence-corrected chi connectivity index (χ4v) is 0.904. The Hall–Kier alpha value is -1.63. The van der Waals surface area contributed by atoms with Gasteiger partial charge < -0.3 is 4.74 Å². The van der Waals surface area contributed by atoms with Crippen molar-refractivity contribution >= 4 is 5.97 Å². The van der Waals surface area contributed by atoms with Crippen LogP contribution in [-0.2, 0) is 16.1 Å². The minimum absolute atomic E-state index is 0.0741. The number of carbonyl (C=O) groups excluding carboxylic acids is 1. The van der Waals surface area contributed by atoms with Crippen LogP contribution in [0, 0.1) is 0 Å². The SMILES string of the molecule is COC(=O)c1ccc(COC(F)(F)F)nc1. The van der Waals surface area contributed by atoms with Gasteiger partial charge in [-0.25, -0.2) is 4.79 Å². The van der Waals surface area contributed by atoms with Crippen molar-refractivity contribution in [2.45, 2.75) is 13.0 Å². The fraction of sp³-hybridized carbons (Fsp3) is 0.333. The molecule has 0 saturated heterocycles. The molecule has 0 aliphatic heterocycles. The molecule has 0 spiro atoms. The highest BCUT2D eigenvalue weighted by atomic mass is 19.4. The number of hydrogen-bond donors (Lipinski definition) is 0. The van der Waals surface area contributed by atoms with Crippen molar-refractivity contribution in [2.24, 2.45) is 0 Å². The maximum Gasteiger partial charge on any atom is 0.522 e. The van der Waals surface area contributed by atoms with Crippen molar-refractivity contribution < 1.29 is 27.4 Å². The molecule has 0 atom stereocenters. The van der Waals surface area contributed by atoms with Gasteiger partial charge in [0.05, 0.1) is 25.0 Å². The van der Waals surface area contributed by atoms with E-state index in [0.717, 1.165) is 6.20 Å². The van der Waals surface area contributed by atoms with E-state index >= 15 is 0 Å². The van der Waals surface area contributed by atoms with Crippen LogP contribution in [0.1, 0.15) is 16.1 Å². The molecule has 0 bridgehead atoms. The Morgan fingerprint density at radius 1 is 1.44 bits per heavy atom. The van der Waals surface area contributed by atoms with E-state index in [-0.39, 0.29) is 11.3 Å². The van der Waals surface area contributed by atoms with Gasteiger partial charge in [-0.2, -0.15) is 0 Å². The number of rotatable bonds is 3. The standard InChI is InChI=1S/C9H8F3NO3/c1-15-8(14)6-2-3-7(13-4-6)5-16-9(10,11)12/h2-4H,5H2,1H3. The maximum atomic E-state index is 11.7. The van der Waals surface area contributed by atoms with Gasteiger partial charge >= 0.3 is 12.3 Å². The van der Waals surface area contributed by atoms with Gasteiger partial charge in [0.25, 0.3) is 0 Å². The number of alkyl halides is 3. The topological polar surface area (TPSA) is 48.4 Å². The highest BCUT2D eigenvalue weighted by Gasteiger charge is 2.29. The van der Waals surface area contributed by atoms with Gasteiger partial charge in [0.2, 0.25) is 0 Å². The zero-order valence-electron chi connectivity index (χ0n) is 8.25. The van der Waals surface area contributed by atoms with Crippen molar-refractivity contribution in [3.8, 4) is 0 Å². The summed E-state index contributed by atoms with van der Waals surface area (Å²) in [6.07, 6.45) is -3.57. The number of methoxy groups -OCH3 is 1. The van der Waals surface area contributed by atoms with Crippen molar-refractivity contribution in [2.75, 3.05) is 7.11 Å². The van der Waals surface area contributed by atoms with E-state index in [4.69, 9.17) is 0 Å². The second-order valence-electron chi connectivity index (χ2n) is 2.76. The summed E-state index contributed by atoms with van der Waals surface area (Å²) in [6.45, 7) is -0.690. The van der Waals surface area contributed by atoms with Gasteiger partial charge in [0.15, 0.2) is 0 Å². The first-order valence-electron chi connectivity index (χ1n) is 4.16. The summed E-state index contributed by atoms with van der Waals surface area (Å²) in [5.74, 6) is -0.601. The Bertz CT molecular complexity index is 361. The first-order chi connectivity index (χ1) is 7.42. The van der Waals surface area contributed by atoms with Gasteiger partial charge in [0.1, 0.15) is 0 Å². The summed E-state index contributed by atoms with van der Waals surface area (Å²) in [6, 6.07) is 2.58. The highest BCUT2D eigenvalue weighted by molar-refractivity contribution is 5.88. The van der Waals surface area contributed by atoms with Crippen LogP contribution >= 0.6 is 0 Å². The lowest BCUT2D eigenvalue weighted by Crippen LogP contribution is -2.13. The van der Waals surface area contributed by atoms with E-state index in [2.05, 4.69) is 14.5 Å². The smallest absolute Gasteiger partial charge is 0.465 e. The van der Waals surface area contributed by atoms with Crippen molar-refractivity contribution in [1.29, 1.82) is 0 Å². The van der Waals surface area contributed by atoms with Crippen molar-refractivity contribution in [3.05, 3.63) is 29.6 Å². The second-order valence-corrected chi connectivity index (χ2v) is 2.76. The summed E-state index contributed by atoms with van der Waals surface area (Å²) in [5.41, 5.74) is 0.239. The number of esters is 1. The molecule has 0 N–H and O–H groups in total. The fourth-order valence-electron chi connectivity index (χ4n) is 0.904. The lowest BCUT2D eigenvalue weighted by Gasteiger charge is -2.06. The largest absolute Gasteiger partial charge is 0.522 e. The molecule has 88 valence electrons. The Balaban J connectivity index is 2.62. The molecule has 0 aliphatic rings. The van der Waals surface area contributed by atoms with Crippen LogP contribution in [0.5, 0.6) is 0 Å². The number of nitrogens with zero attached hydrogens (tertiary/aromatic N) is 1. The molecule has 4 nitrogen and oxygen atoms in total. The molecule has 1 rings (SSSR count). The zero-order valence-corrected chi connectivity index (χ0v) is 8.25. The van der Waals surface area contributed by atoms with Crippen molar-refractivity contribution in [1.82, 2.24) is 4.98 Å². The Morgan fingerprint density at radius 2 is 2.12 bits per heavy atom. The van der Waals surface area contributed by atoms with Crippen LogP contribution in [0.2, 0.25) is 0 Å². The third-order valence-corrected chi connectivity index (χ3v) is 1.63. The molecule has 0 radical (unpaired) electrons. The predicted octanol–water partition coefficient (Wildman–Crippen LogP) is 1.90. The summed E-state index contributed by atoms with van der Waals surface area (Å²) >= 11 is 0. The number of ether oxygens (including phenoxy) is 2. The normalized spacial score (nSPS) is 11.2. The molecule has 16 heavy (non-hydrogen) atoms. The van der Waals surface area contributed by atoms with E-state index in [0.29, 0.717) is 0 Å². The lowest BCUT2D eigenvalue weighted by atomic mass is 10.2. The summed E-state index contributed by atoms with van der Waals surface area (Å²) in [5, 5.41) is 0. The molecular weight excluding hydrogens is 227 g/mol. The molecule has 7 heteroatoms. The Kier molecular flexibility index (Phi) is 3.83. The van der Waals surface area contributed by atoms with Gasteiger partial charge in [-0.1, -0.05) is 0 Å². The van der Waals surface area contributed by atoms with Gasteiger partial charge in [0, 0.05) is 6.20 Å². The molecule has 0 aromatic carbocycles. The molecule has 0 aliphatic carbocycles. The maximum absolute atomic E-state index is 11.7. The average Bonchev–Trinajstić information content (AvgIpc) is 2.25. The van der Waals surface area contributed by atoms with Crippen LogP contribution in [-0.4, -0.2) is 24.4 Å². The summed E-state index contributed by atoms with van der Waals surface area (Å²) in [7, 11) is 1.20. The van der Waals surface area contributed by atoms with E-state index in [1.54, 1.807) is 0 Å². The van der Waals surface area contributed by atoms with E-state index < -0.39 is 18.9 Å². The van der Waals surface area contributed by atoms with Crippen LogP contribution in [0.3, 0.4) is 0 Å². The minimum Gasteiger partial charge on any atom is -0.465 e. The molecule has 0 unspecified atom stereocenters. The van der Waals surface area contributed by atoms with Crippen LogP contribution in [0.15, 0.2) is 18.3 Å². The van der Waals surface area contributed by atoms with Gasteiger partial charge in [-0.15, -0.1) is 13.2 Å². The number of carbonyl (C=O) groups is 1. The molecule has 1 aromatic rings. The second kappa shape index (κ2) is 4.93. The van der Waals surface area contributed by atoms with E-state index in [1.807, 2.05) is 0 Å². The molecule has 1 heterocycles. The quantitative estimate of drug-likeness (QED) is 0.751. The van der Waals surface area contributed by atoms with E-state index in [9.17, 15) is 18.0 Å². The Morgan fingerprint density at radius 3 is 2.56 bits per heavy atom. The summed E-state index contributed by atoms with van der Waals surface area (Å²) in [4.78, 5) is 14.6. The molecule has 1 aromatic heterocycles. The monoisotopic (exact) mass is 235 g/mol. The number of pyridine rings is 1. The van der Waals surface area contributed by atoms with Crippen molar-refractivity contribution in [3.63, 3.8) is 0 Å². The average molecular weight is 235 g/mol. The zero-order chi connectivity index (χ0) is 12.2. The molecule has 0 saturated carbocycles. The van der Waals surface area contributed by atoms with Gasteiger partial charge in [-0.3, -0.25) is 9.72 Å². The molecule has 0 fully saturated rings. The van der Waals surface area contributed by atoms with Gasteiger partial charge in [-0.05, 0) is 12.1 Å². The lowest BCUT2D eigenvalue weighted by molar-refractivity contribution is -0.330. The Labute approximate surface area is 89.0 Å². The predicted molar refractivity (Wildman–Crippen MR) is 46.4 cm³/mol. The summed E-state index contributed by atoms with van der Waals surface area (Å²) < 4.78 is 43.0. The number of halogens is 3. The third-order valence-electron chi connectivity index (χ3n) is 1.63. The number of aromatic nitrogens is 1. The first-order valence-corrected chi connectivity index (χ1v) is 4.16. The molecule has 0 amide bonds. The first kappa shape index (κ1) is 12.4. The molecular formula is C9H8F3NO3. The van der Waals surface area contributed by atoms with Crippen LogP contribution < -0.4 is 0 Å². The third kappa shape index (κ3) is 3.85. The van der Waals surface area contributed by atoms with Crippen LogP contribution in [0.25, 0.3) is 0 Å². The highest BCUT2D eigenvalue weighted by Crippen LogP contribution is 2.18.